The van der Waals surface area contributed by atoms with Crippen LogP contribution in [-0.2, 0) is 11.2 Å². The molecule has 7 nitrogen and oxygen atoms in total. The number of rotatable bonds is 6. The topological polar surface area (TPSA) is 97.5 Å². The Morgan fingerprint density at radius 3 is 2.48 bits per heavy atom. The number of carboxylic acids is 1. The second kappa shape index (κ2) is 8.47. The van der Waals surface area contributed by atoms with Gasteiger partial charge < -0.3 is 19.6 Å². The number of aromatic nitrogens is 2. The molecule has 0 saturated carbocycles. The fraction of sp³-hybridized carbons (Fsp3) is 0.208. The van der Waals surface area contributed by atoms with Gasteiger partial charge in [-0.3, -0.25) is 0 Å². The maximum Gasteiger partial charge on any atom is 0.334 e. The number of hydrogen-bond donors (Lipinski definition) is 2. The van der Waals surface area contributed by atoms with Gasteiger partial charge >= 0.3 is 5.97 Å². The number of nitrogens with zero attached hydrogens (tertiary/aromatic N) is 2. The maximum atomic E-state index is 12.3. The number of ether oxygens (including phenoxy) is 1. The van der Waals surface area contributed by atoms with Gasteiger partial charge in [0.25, 0.3) is 0 Å². The minimum Gasteiger partial charge on any atom is -0.496 e. The molecule has 0 saturated heterocycles. The van der Waals surface area contributed by atoms with E-state index in [1.807, 2.05) is 61.5 Å². The van der Waals surface area contributed by atoms with Gasteiger partial charge in [-0.1, -0.05) is 48.5 Å². The lowest BCUT2D eigenvalue weighted by molar-refractivity contribution is -0.132. The fourth-order valence-electron chi connectivity index (χ4n) is 3.98. The van der Waals surface area contributed by atoms with Crippen molar-refractivity contribution < 1.29 is 19.1 Å². The number of para-hydroxylation sites is 1. The zero-order valence-electron chi connectivity index (χ0n) is 17.5. The van der Waals surface area contributed by atoms with Crippen molar-refractivity contribution in [3.05, 3.63) is 94.5 Å². The summed E-state index contributed by atoms with van der Waals surface area (Å²) in [4.78, 5) is 12.3. The molecule has 0 amide bonds. The van der Waals surface area contributed by atoms with E-state index in [9.17, 15) is 9.90 Å². The lowest BCUT2D eigenvalue weighted by atomic mass is 9.80. The first-order chi connectivity index (χ1) is 15.0. The Morgan fingerprint density at radius 1 is 1.06 bits per heavy atom. The molecule has 1 aromatic heterocycles. The molecule has 4 rings (SSSR count). The molecule has 1 atom stereocenters. The highest BCUT2D eigenvalue weighted by Crippen LogP contribution is 2.45. The zero-order valence-corrected chi connectivity index (χ0v) is 17.5. The lowest BCUT2D eigenvalue weighted by Gasteiger charge is -2.30. The van der Waals surface area contributed by atoms with Crippen molar-refractivity contribution in [3.63, 3.8) is 0 Å². The van der Waals surface area contributed by atoms with Crippen molar-refractivity contribution in [2.24, 2.45) is 0 Å². The zero-order chi connectivity index (χ0) is 22.0. The SMILES string of the molecule is COc1ccccc1C1C(C(=O)O)=C(C)NC(C)=C1c1nnc(Cc2ccccc2)o1. The van der Waals surface area contributed by atoms with Crippen molar-refractivity contribution >= 4 is 11.5 Å². The molecule has 1 aliphatic heterocycles. The molecule has 0 aliphatic carbocycles. The van der Waals surface area contributed by atoms with Crippen LogP contribution in [0.1, 0.15) is 42.7 Å². The Balaban J connectivity index is 1.81. The van der Waals surface area contributed by atoms with Gasteiger partial charge in [0.1, 0.15) is 5.75 Å². The van der Waals surface area contributed by atoms with E-state index in [0.29, 0.717) is 29.3 Å². The average Bonchev–Trinajstić information content (AvgIpc) is 3.21. The molecule has 0 spiro atoms. The summed E-state index contributed by atoms with van der Waals surface area (Å²) in [6, 6.07) is 17.2. The largest absolute Gasteiger partial charge is 0.496 e. The van der Waals surface area contributed by atoms with Crippen LogP contribution in [0, 0.1) is 0 Å². The number of allylic oxidation sites excluding steroid dienone is 3. The summed E-state index contributed by atoms with van der Waals surface area (Å²) < 4.78 is 11.5. The highest BCUT2D eigenvalue weighted by molar-refractivity contribution is 5.96. The van der Waals surface area contributed by atoms with Gasteiger partial charge in [0.2, 0.25) is 11.8 Å². The van der Waals surface area contributed by atoms with Gasteiger partial charge in [0, 0.05) is 22.5 Å². The predicted octanol–water partition coefficient (Wildman–Crippen LogP) is 4.15. The van der Waals surface area contributed by atoms with Gasteiger partial charge in [-0.15, -0.1) is 10.2 Å². The van der Waals surface area contributed by atoms with E-state index in [1.165, 1.54) is 0 Å². The standard InChI is InChI=1S/C24H23N3O4/c1-14-20(23-27-26-19(31-23)13-16-9-5-4-6-10-16)22(21(24(28)29)15(2)25-14)17-11-7-8-12-18(17)30-3/h4-12,22,25H,13H2,1-3H3,(H,28,29). The molecule has 0 radical (unpaired) electrons. The predicted molar refractivity (Wildman–Crippen MR) is 115 cm³/mol. The first-order valence-corrected chi connectivity index (χ1v) is 9.91. The summed E-state index contributed by atoms with van der Waals surface area (Å²) in [6.07, 6.45) is 0.494. The normalized spacial score (nSPS) is 16.3. The van der Waals surface area contributed by atoms with Crippen LogP contribution in [0.3, 0.4) is 0 Å². The van der Waals surface area contributed by atoms with Crippen molar-refractivity contribution in [3.8, 4) is 5.75 Å². The number of nitrogens with one attached hydrogen (secondary N) is 1. The molecule has 2 N–H and O–H groups in total. The lowest BCUT2D eigenvalue weighted by Crippen LogP contribution is -2.27. The number of hydrogen-bond acceptors (Lipinski definition) is 6. The fourth-order valence-corrected chi connectivity index (χ4v) is 3.98. The molecule has 0 bridgehead atoms. The Morgan fingerprint density at radius 2 is 1.77 bits per heavy atom. The Hall–Kier alpha value is -3.87. The molecule has 0 fully saturated rings. The number of benzene rings is 2. The smallest absolute Gasteiger partial charge is 0.334 e. The van der Waals surface area contributed by atoms with Crippen LogP contribution in [0.4, 0.5) is 0 Å². The quantitative estimate of drug-likeness (QED) is 0.622. The van der Waals surface area contributed by atoms with Gasteiger partial charge in [-0.25, -0.2) is 4.79 Å². The molecule has 1 unspecified atom stereocenters. The molecule has 3 aromatic rings. The first-order valence-electron chi connectivity index (χ1n) is 9.91. The minimum absolute atomic E-state index is 0.216. The minimum atomic E-state index is -1.02. The van der Waals surface area contributed by atoms with Crippen molar-refractivity contribution in [1.82, 2.24) is 15.5 Å². The molecule has 7 heteroatoms. The van der Waals surface area contributed by atoms with Gasteiger partial charge in [-0.2, -0.15) is 0 Å². The van der Waals surface area contributed by atoms with E-state index < -0.39 is 11.9 Å². The highest BCUT2D eigenvalue weighted by Gasteiger charge is 2.37. The summed E-state index contributed by atoms with van der Waals surface area (Å²) in [5, 5.41) is 21.7. The Labute approximate surface area is 180 Å². The molecule has 1 aliphatic rings. The van der Waals surface area contributed by atoms with Crippen LogP contribution in [0.2, 0.25) is 0 Å². The van der Waals surface area contributed by atoms with Crippen molar-refractivity contribution in [1.29, 1.82) is 0 Å². The summed E-state index contributed by atoms with van der Waals surface area (Å²) in [5.74, 6) is -0.299. The third kappa shape index (κ3) is 3.94. The number of carboxylic acid groups (broad SMARTS) is 1. The number of methoxy groups -OCH3 is 1. The van der Waals surface area contributed by atoms with Crippen molar-refractivity contribution in [2.75, 3.05) is 7.11 Å². The number of aliphatic carboxylic acids is 1. The monoisotopic (exact) mass is 417 g/mol. The Kier molecular flexibility index (Phi) is 5.58. The summed E-state index contributed by atoms with van der Waals surface area (Å²) in [6.45, 7) is 3.63. The van der Waals surface area contributed by atoms with Crippen LogP contribution >= 0.6 is 0 Å². The van der Waals surface area contributed by atoms with Gasteiger partial charge in [-0.05, 0) is 25.5 Å². The van der Waals surface area contributed by atoms with E-state index in [1.54, 1.807) is 14.0 Å². The van der Waals surface area contributed by atoms with Crippen LogP contribution < -0.4 is 10.1 Å². The van der Waals surface area contributed by atoms with E-state index in [2.05, 4.69) is 15.5 Å². The molecular weight excluding hydrogens is 394 g/mol. The molecule has 158 valence electrons. The van der Waals surface area contributed by atoms with E-state index in [0.717, 1.165) is 16.8 Å². The third-order valence-electron chi connectivity index (χ3n) is 5.34. The number of dihydropyridines is 1. The second-order valence-corrected chi connectivity index (χ2v) is 7.35. The first kappa shape index (κ1) is 20.4. The van der Waals surface area contributed by atoms with Crippen LogP contribution in [0.5, 0.6) is 5.75 Å². The summed E-state index contributed by atoms with van der Waals surface area (Å²) in [7, 11) is 1.57. The Bertz CT molecular complexity index is 1180. The van der Waals surface area contributed by atoms with Gasteiger partial charge in [0.15, 0.2) is 0 Å². The molecule has 2 heterocycles. The van der Waals surface area contributed by atoms with Crippen molar-refractivity contribution in [2.45, 2.75) is 26.2 Å². The summed E-state index contributed by atoms with van der Waals surface area (Å²) in [5.41, 5.74) is 3.93. The third-order valence-corrected chi connectivity index (χ3v) is 5.34. The van der Waals surface area contributed by atoms with Crippen LogP contribution in [0.25, 0.3) is 5.57 Å². The van der Waals surface area contributed by atoms with Gasteiger partial charge in [0.05, 0.1) is 25.0 Å². The van der Waals surface area contributed by atoms with Crippen LogP contribution in [-0.4, -0.2) is 28.4 Å². The second-order valence-electron chi connectivity index (χ2n) is 7.35. The molecule has 2 aromatic carbocycles. The van der Waals surface area contributed by atoms with E-state index in [-0.39, 0.29) is 11.5 Å². The van der Waals surface area contributed by atoms with Crippen LogP contribution in [0.15, 0.2) is 76.0 Å². The molecular formula is C24H23N3O4. The average molecular weight is 417 g/mol. The van der Waals surface area contributed by atoms with E-state index in [4.69, 9.17) is 9.15 Å². The maximum absolute atomic E-state index is 12.3. The number of carbonyl (C=O) groups is 1. The van der Waals surface area contributed by atoms with E-state index >= 15 is 0 Å². The highest BCUT2D eigenvalue weighted by atomic mass is 16.5. The summed E-state index contributed by atoms with van der Waals surface area (Å²) >= 11 is 0. The molecule has 31 heavy (non-hydrogen) atoms.